The molecule has 0 aliphatic carbocycles. The molecule has 1 amide bonds. The number of amides is 1. The Morgan fingerprint density at radius 1 is 1.53 bits per heavy atom. The van der Waals surface area contributed by atoms with Crippen molar-refractivity contribution >= 4 is 49.6 Å². The monoisotopic (exact) mass is 287 g/mol. The zero-order valence-corrected chi connectivity index (χ0v) is 12.1. The van der Waals surface area contributed by atoms with Crippen LogP contribution in [-0.4, -0.2) is 17.3 Å². The summed E-state index contributed by atoms with van der Waals surface area (Å²) >= 11 is 9.08. The van der Waals surface area contributed by atoms with E-state index in [4.69, 9.17) is 11.6 Å². The molecule has 2 heterocycles. The van der Waals surface area contributed by atoms with Gasteiger partial charge in [0, 0.05) is 15.3 Å². The van der Waals surface area contributed by atoms with Gasteiger partial charge >= 0.3 is 0 Å². The van der Waals surface area contributed by atoms with Crippen molar-refractivity contribution in [2.24, 2.45) is 0 Å². The summed E-state index contributed by atoms with van der Waals surface area (Å²) in [6, 6.07) is 3.99. The van der Waals surface area contributed by atoms with Crippen LogP contribution < -0.4 is 5.32 Å². The fraction of sp³-hybridized carbons (Fsp3) is 0.417. The number of hydrogen-bond donors (Lipinski definition) is 1. The third-order valence-corrected chi connectivity index (χ3v) is 5.54. The molecule has 2 aromatic heterocycles. The first-order chi connectivity index (χ1) is 8.08. The Morgan fingerprint density at radius 2 is 2.29 bits per heavy atom. The predicted octanol–water partition coefficient (Wildman–Crippen LogP) is 4.10. The number of fused-ring (bicyclic) bond motifs is 1. The zero-order valence-electron chi connectivity index (χ0n) is 9.75. The van der Waals surface area contributed by atoms with Gasteiger partial charge in [-0.1, -0.05) is 6.92 Å². The Morgan fingerprint density at radius 3 is 2.88 bits per heavy atom. The van der Waals surface area contributed by atoms with Crippen LogP contribution in [0.15, 0.2) is 17.5 Å². The quantitative estimate of drug-likeness (QED) is 0.843. The SMILES string of the molecule is CCC(C)(CCl)NC(=O)c1cc2sccc2s1. The summed E-state index contributed by atoms with van der Waals surface area (Å²) in [4.78, 5) is 12.9. The molecule has 0 aliphatic rings. The molecule has 92 valence electrons. The van der Waals surface area contributed by atoms with Crippen molar-refractivity contribution in [1.82, 2.24) is 5.32 Å². The molecule has 0 bridgehead atoms. The highest BCUT2D eigenvalue weighted by Crippen LogP contribution is 2.30. The molecule has 0 spiro atoms. The number of hydrogen-bond acceptors (Lipinski definition) is 3. The van der Waals surface area contributed by atoms with Crippen molar-refractivity contribution in [3.8, 4) is 0 Å². The Kier molecular flexibility index (Phi) is 3.76. The molecular formula is C12H14ClNOS2. The standard InChI is InChI=1S/C12H14ClNOS2/c1-3-12(2,7-13)14-11(15)10-6-9-8(17-10)4-5-16-9/h4-6H,3,7H2,1-2H3,(H,14,15). The van der Waals surface area contributed by atoms with E-state index in [0.717, 1.165) is 11.3 Å². The Hall–Kier alpha value is -0.580. The van der Waals surface area contributed by atoms with E-state index in [1.54, 1.807) is 11.3 Å². The first kappa shape index (κ1) is 12.9. The van der Waals surface area contributed by atoms with Gasteiger partial charge in [-0.15, -0.1) is 34.3 Å². The van der Waals surface area contributed by atoms with Crippen molar-refractivity contribution in [3.05, 3.63) is 22.4 Å². The van der Waals surface area contributed by atoms with Crippen molar-refractivity contribution in [2.75, 3.05) is 5.88 Å². The summed E-state index contributed by atoms with van der Waals surface area (Å²) in [5, 5.41) is 5.04. The highest BCUT2D eigenvalue weighted by atomic mass is 35.5. The van der Waals surface area contributed by atoms with Gasteiger partial charge < -0.3 is 5.32 Å². The van der Waals surface area contributed by atoms with Gasteiger partial charge in [-0.2, -0.15) is 0 Å². The molecule has 1 N–H and O–H groups in total. The lowest BCUT2D eigenvalue weighted by molar-refractivity contribution is 0.0916. The summed E-state index contributed by atoms with van der Waals surface area (Å²) < 4.78 is 2.34. The lowest BCUT2D eigenvalue weighted by Gasteiger charge is -2.26. The van der Waals surface area contributed by atoms with Gasteiger partial charge in [0.1, 0.15) is 0 Å². The van der Waals surface area contributed by atoms with Crippen molar-refractivity contribution in [1.29, 1.82) is 0 Å². The van der Waals surface area contributed by atoms with Gasteiger partial charge in [0.05, 0.1) is 10.4 Å². The van der Waals surface area contributed by atoms with Gasteiger partial charge in [0.25, 0.3) is 5.91 Å². The molecule has 2 rings (SSSR count). The summed E-state index contributed by atoms with van der Waals surface area (Å²) in [5.41, 5.74) is -0.323. The van der Waals surface area contributed by atoms with Crippen LogP contribution in [0.25, 0.3) is 9.40 Å². The third kappa shape index (κ3) is 2.64. The predicted molar refractivity (Wildman–Crippen MR) is 76.6 cm³/mol. The minimum absolute atomic E-state index is 0.0246. The molecule has 1 atom stereocenters. The topological polar surface area (TPSA) is 29.1 Å². The van der Waals surface area contributed by atoms with Crippen LogP contribution in [-0.2, 0) is 0 Å². The average molecular weight is 288 g/mol. The summed E-state index contributed by atoms with van der Waals surface area (Å²) in [6.45, 7) is 3.99. The molecule has 17 heavy (non-hydrogen) atoms. The summed E-state index contributed by atoms with van der Waals surface area (Å²) in [6.07, 6.45) is 0.821. The second-order valence-electron chi connectivity index (χ2n) is 4.26. The molecule has 1 unspecified atom stereocenters. The highest BCUT2D eigenvalue weighted by Gasteiger charge is 2.24. The zero-order chi connectivity index (χ0) is 12.5. The molecule has 5 heteroatoms. The van der Waals surface area contributed by atoms with Crippen molar-refractivity contribution in [2.45, 2.75) is 25.8 Å². The van der Waals surface area contributed by atoms with Crippen LogP contribution in [0.1, 0.15) is 29.9 Å². The first-order valence-corrected chi connectivity index (χ1v) is 7.66. The normalized spacial score (nSPS) is 14.8. The molecule has 0 saturated heterocycles. The first-order valence-electron chi connectivity index (χ1n) is 5.43. The molecule has 2 aromatic rings. The molecule has 0 saturated carbocycles. The number of alkyl halides is 1. The van der Waals surface area contributed by atoms with Gasteiger partial charge in [0.15, 0.2) is 0 Å². The van der Waals surface area contributed by atoms with Gasteiger partial charge in [-0.25, -0.2) is 0 Å². The smallest absolute Gasteiger partial charge is 0.261 e. The second-order valence-corrected chi connectivity index (χ2v) is 6.56. The van der Waals surface area contributed by atoms with Crippen LogP contribution >= 0.6 is 34.3 Å². The van der Waals surface area contributed by atoms with Gasteiger partial charge in [-0.05, 0) is 30.9 Å². The Balaban J connectivity index is 2.18. The van der Waals surface area contributed by atoms with Crippen LogP contribution in [0.2, 0.25) is 0 Å². The highest BCUT2D eigenvalue weighted by molar-refractivity contribution is 7.27. The second kappa shape index (κ2) is 4.96. The van der Waals surface area contributed by atoms with Crippen molar-refractivity contribution < 1.29 is 4.79 Å². The average Bonchev–Trinajstić information content (AvgIpc) is 2.88. The number of carbonyl (C=O) groups is 1. The Bertz CT molecular complexity index is 499. The third-order valence-electron chi connectivity index (χ3n) is 2.85. The van der Waals surface area contributed by atoms with E-state index in [-0.39, 0.29) is 11.4 Å². The van der Waals surface area contributed by atoms with E-state index in [2.05, 4.69) is 5.32 Å². The fourth-order valence-corrected chi connectivity index (χ4v) is 3.69. The lowest BCUT2D eigenvalue weighted by Crippen LogP contribution is -2.46. The number of rotatable bonds is 4. The van der Waals surface area contributed by atoms with Crippen LogP contribution in [0.5, 0.6) is 0 Å². The molecule has 0 aromatic carbocycles. The molecule has 0 aliphatic heterocycles. The van der Waals surface area contributed by atoms with E-state index in [9.17, 15) is 4.79 Å². The molecule has 0 radical (unpaired) electrons. The summed E-state index contributed by atoms with van der Waals surface area (Å²) in [5.74, 6) is 0.401. The maximum atomic E-state index is 12.1. The van der Waals surface area contributed by atoms with E-state index in [0.29, 0.717) is 5.88 Å². The van der Waals surface area contributed by atoms with Crippen LogP contribution in [0.4, 0.5) is 0 Å². The molecular weight excluding hydrogens is 274 g/mol. The maximum Gasteiger partial charge on any atom is 0.261 e. The van der Waals surface area contributed by atoms with E-state index in [1.165, 1.54) is 20.7 Å². The van der Waals surface area contributed by atoms with E-state index < -0.39 is 0 Å². The van der Waals surface area contributed by atoms with E-state index in [1.807, 2.05) is 31.4 Å². The van der Waals surface area contributed by atoms with Crippen molar-refractivity contribution in [3.63, 3.8) is 0 Å². The van der Waals surface area contributed by atoms with E-state index >= 15 is 0 Å². The minimum atomic E-state index is -0.323. The van der Waals surface area contributed by atoms with Crippen LogP contribution in [0, 0.1) is 0 Å². The lowest BCUT2D eigenvalue weighted by atomic mass is 10.0. The van der Waals surface area contributed by atoms with Crippen LogP contribution in [0.3, 0.4) is 0 Å². The maximum absolute atomic E-state index is 12.1. The van der Waals surface area contributed by atoms with Gasteiger partial charge in [-0.3, -0.25) is 4.79 Å². The molecule has 0 fully saturated rings. The number of thiophene rings is 2. The van der Waals surface area contributed by atoms with Gasteiger partial charge in [0.2, 0.25) is 0 Å². The fourth-order valence-electron chi connectivity index (χ4n) is 1.43. The number of halogens is 1. The number of nitrogens with one attached hydrogen (secondary N) is 1. The minimum Gasteiger partial charge on any atom is -0.345 e. The summed E-state index contributed by atoms with van der Waals surface area (Å²) in [7, 11) is 0. The number of carbonyl (C=O) groups excluding carboxylic acids is 1. The largest absolute Gasteiger partial charge is 0.345 e. The Labute approximate surface area is 114 Å². The molecule has 2 nitrogen and oxygen atoms in total.